The Hall–Kier alpha value is -2.44. The average molecular weight is 261 g/mol. The minimum Gasteiger partial charge on any atom is -0.478 e. The Labute approximate surface area is 108 Å². The lowest BCUT2D eigenvalue weighted by molar-refractivity contribution is -0.125. The number of nitrogens with one attached hydrogen (secondary N) is 1. The summed E-state index contributed by atoms with van der Waals surface area (Å²) in [5.41, 5.74) is 0.505. The molecule has 0 saturated carbocycles. The normalized spacial score (nSPS) is 24.8. The number of carbonyl (C=O) groups is 3. The maximum atomic E-state index is 12.0. The fraction of sp³-hybridized carbons (Fsp3) is 0.333. The van der Waals surface area contributed by atoms with Gasteiger partial charge in [0.2, 0.25) is 0 Å². The number of nitrogens with zero attached hydrogens (tertiary/aromatic N) is 2. The predicted octanol–water partition coefficient (Wildman–Crippen LogP) is -0.201. The number of carbonyl (C=O) groups excluding carboxylic acids is 2. The summed E-state index contributed by atoms with van der Waals surface area (Å²) in [6.45, 7) is 0. The second-order valence-corrected chi connectivity index (χ2v) is 4.84. The predicted molar refractivity (Wildman–Crippen MR) is 62.6 cm³/mol. The van der Waals surface area contributed by atoms with E-state index in [1.165, 1.54) is 17.2 Å². The number of aromatic carboxylic acids is 1. The maximum Gasteiger partial charge on any atom is 0.337 e. The quantitative estimate of drug-likeness (QED) is 0.682. The van der Waals surface area contributed by atoms with Crippen LogP contribution in [-0.4, -0.2) is 45.5 Å². The van der Waals surface area contributed by atoms with Gasteiger partial charge in [0, 0.05) is 31.8 Å². The van der Waals surface area contributed by atoms with Crippen molar-refractivity contribution < 1.29 is 19.5 Å². The molecule has 2 aliphatic rings. The van der Waals surface area contributed by atoms with Crippen LogP contribution in [0.25, 0.3) is 0 Å². The number of likely N-dealkylation sites (N-methyl/N-ethyl adjacent to an activating group) is 1. The molecule has 1 aromatic heterocycles. The highest BCUT2D eigenvalue weighted by Gasteiger charge is 2.54. The van der Waals surface area contributed by atoms with Crippen LogP contribution in [0, 0.1) is 0 Å². The third kappa shape index (κ3) is 1.44. The van der Waals surface area contributed by atoms with Crippen molar-refractivity contribution >= 4 is 17.9 Å². The number of urea groups is 1. The molecule has 2 heterocycles. The van der Waals surface area contributed by atoms with E-state index in [0.717, 1.165) is 0 Å². The molecule has 3 amide bonds. The SMILES string of the molecule is CN1C(=O)NC(=O)C12Cc1cc(C(=O)O)cnc1C2. The van der Waals surface area contributed by atoms with Crippen LogP contribution in [0.15, 0.2) is 12.3 Å². The zero-order valence-corrected chi connectivity index (χ0v) is 10.1. The molecule has 0 aromatic carbocycles. The molecule has 1 aliphatic carbocycles. The summed E-state index contributed by atoms with van der Waals surface area (Å²) in [5.74, 6) is -1.41. The summed E-state index contributed by atoms with van der Waals surface area (Å²) in [4.78, 5) is 39.9. The van der Waals surface area contributed by atoms with Gasteiger partial charge in [-0.25, -0.2) is 9.59 Å². The number of aromatic nitrogens is 1. The van der Waals surface area contributed by atoms with Gasteiger partial charge in [0.1, 0.15) is 5.54 Å². The molecule has 0 bridgehead atoms. The van der Waals surface area contributed by atoms with E-state index in [0.29, 0.717) is 24.1 Å². The maximum absolute atomic E-state index is 12.0. The zero-order valence-electron chi connectivity index (χ0n) is 10.1. The van der Waals surface area contributed by atoms with Crippen LogP contribution in [0.2, 0.25) is 0 Å². The second-order valence-electron chi connectivity index (χ2n) is 4.84. The van der Waals surface area contributed by atoms with E-state index in [1.54, 1.807) is 7.05 Å². The summed E-state index contributed by atoms with van der Waals surface area (Å²) in [7, 11) is 1.56. The van der Waals surface area contributed by atoms with Gasteiger partial charge in [0.25, 0.3) is 5.91 Å². The third-order valence-electron chi connectivity index (χ3n) is 3.84. The van der Waals surface area contributed by atoms with E-state index in [1.807, 2.05) is 0 Å². The molecule has 0 radical (unpaired) electrons. The van der Waals surface area contributed by atoms with Gasteiger partial charge in [-0.1, -0.05) is 0 Å². The largest absolute Gasteiger partial charge is 0.478 e. The van der Waals surface area contributed by atoms with E-state index < -0.39 is 17.5 Å². The Morgan fingerprint density at radius 1 is 1.47 bits per heavy atom. The summed E-state index contributed by atoms with van der Waals surface area (Å²) in [6, 6.07) is 1.08. The van der Waals surface area contributed by atoms with E-state index in [9.17, 15) is 14.4 Å². The fourth-order valence-electron chi connectivity index (χ4n) is 2.66. The number of hydrogen-bond donors (Lipinski definition) is 2. The number of carboxylic acid groups (broad SMARTS) is 1. The van der Waals surface area contributed by atoms with E-state index in [2.05, 4.69) is 10.3 Å². The van der Waals surface area contributed by atoms with Crippen LogP contribution >= 0.6 is 0 Å². The average Bonchev–Trinajstić information content (AvgIpc) is 2.84. The molecule has 1 unspecified atom stereocenters. The lowest BCUT2D eigenvalue weighted by atomic mass is 9.95. The van der Waals surface area contributed by atoms with Crippen molar-refractivity contribution in [3.8, 4) is 0 Å². The molecule has 1 aromatic rings. The van der Waals surface area contributed by atoms with Crippen LogP contribution in [0.4, 0.5) is 4.79 Å². The van der Waals surface area contributed by atoms with E-state index in [4.69, 9.17) is 5.11 Å². The minimum atomic E-state index is -1.06. The molecular formula is C12H11N3O4. The first kappa shape index (κ1) is 11.6. The van der Waals surface area contributed by atoms with Gasteiger partial charge in [0.05, 0.1) is 5.56 Å². The fourth-order valence-corrected chi connectivity index (χ4v) is 2.66. The number of carboxylic acids is 1. The smallest absolute Gasteiger partial charge is 0.337 e. The van der Waals surface area contributed by atoms with Crippen molar-refractivity contribution in [1.29, 1.82) is 0 Å². The van der Waals surface area contributed by atoms with Crippen LogP contribution < -0.4 is 5.32 Å². The molecule has 1 aliphatic heterocycles. The Morgan fingerprint density at radius 2 is 2.21 bits per heavy atom. The first-order valence-electron chi connectivity index (χ1n) is 5.74. The van der Waals surface area contributed by atoms with Gasteiger partial charge in [-0.05, 0) is 11.6 Å². The van der Waals surface area contributed by atoms with Crippen molar-refractivity contribution in [3.05, 3.63) is 29.1 Å². The highest BCUT2D eigenvalue weighted by Crippen LogP contribution is 2.36. The van der Waals surface area contributed by atoms with Crippen molar-refractivity contribution in [2.24, 2.45) is 0 Å². The Bertz CT molecular complexity index is 627. The molecule has 1 saturated heterocycles. The molecule has 3 rings (SSSR count). The van der Waals surface area contributed by atoms with E-state index in [-0.39, 0.29) is 11.5 Å². The highest BCUT2D eigenvalue weighted by molar-refractivity contribution is 6.07. The van der Waals surface area contributed by atoms with Gasteiger partial charge in [-0.2, -0.15) is 0 Å². The summed E-state index contributed by atoms with van der Waals surface area (Å²) >= 11 is 0. The van der Waals surface area contributed by atoms with Crippen molar-refractivity contribution in [1.82, 2.24) is 15.2 Å². The van der Waals surface area contributed by atoms with Crippen molar-refractivity contribution in [2.75, 3.05) is 7.05 Å². The highest BCUT2D eigenvalue weighted by atomic mass is 16.4. The number of fused-ring (bicyclic) bond motifs is 1. The first-order valence-corrected chi connectivity index (χ1v) is 5.74. The molecular weight excluding hydrogens is 250 g/mol. The number of rotatable bonds is 1. The van der Waals surface area contributed by atoms with Crippen molar-refractivity contribution in [3.63, 3.8) is 0 Å². The second kappa shape index (κ2) is 3.53. The lowest BCUT2D eigenvalue weighted by Crippen LogP contribution is -2.48. The monoisotopic (exact) mass is 261 g/mol. The van der Waals surface area contributed by atoms with Crippen LogP contribution in [-0.2, 0) is 17.6 Å². The van der Waals surface area contributed by atoms with Crippen LogP contribution in [0.1, 0.15) is 21.6 Å². The molecule has 98 valence electrons. The van der Waals surface area contributed by atoms with E-state index >= 15 is 0 Å². The lowest BCUT2D eigenvalue weighted by Gasteiger charge is -2.27. The summed E-state index contributed by atoms with van der Waals surface area (Å²) in [6.07, 6.45) is 1.88. The van der Waals surface area contributed by atoms with Crippen molar-refractivity contribution in [2.45, 2.75) is 18.4 Å². The molecule has 1 spiro atoms. The van der Waals surface area contributed by atoms with Gasteiger partial charge < -0.3 is 10.0 Å². The van der Waals surface area contributed by atoms with Gasteiger partial charge in [-0.3, -0.25) is 15.1 Å². The molecule has 2 N–H and O–H groups in total. The molecule has 7 heteroatoms. The summed E-state index contributed by atoms with van der Waals surface area (Å²) < 4.78 is 0. The molecule has 1 atom stereocenters. The number of amides is 3. The number of pyridine rings is 1. The zero-order chi connectivity index (χ0) is 13.8. The van der Waals surface area contributed by atoms with Crippen LogP contribution in [0.5, 0.6) is 0 Å². The topological polar surface area (TPSA) is 99.6 Å². The number of imide groups is 1. The molecule has 19 heavy (non-hydrogen) atoms. The standard InChI is InChI=1S/C12H11N3O4/c1-15-11(19)14-10(18)12(15)3-6-2-7(9(16)17)5-13-8(6)4-12/h2,5H,3-4H2,1H3,(H,16,17)(H,14,18,19). The minimum absolute atomic E-state index is 0.0863. The number of hydrogen-bond acceptors (Lipinski definition) is 4. The van der Waals surface area contributed by atoms with Gasteiger partial charge in [-0.15, -0.1) is 0 Å². The molecule has 1 fully saturated rings. The Balaban J connectivity index is 2.02. The Kier molecular flexibility index (Phi) is 2.16. The first-order chi connectivity index (χ1) is 8.94. The van der Waals surface area contributed by atoms with Gasteiger partial charge >= 0.3 is 12.0 Å². The third-order valence-corrected chi connectivity index (χ3v) is 3.84. The van der Waals surface area contributed by atoms with Crippen LogP contribution in [0.3, 0.4) is 0 Å². The Morgan fingerprint density at radius 3 is 2.79 bits per heavy atom. The molecule has 7 nitrogen and oxygen atoms in total. The van der Waals surface area contributed by atoms with Gasteiger partial charge in [0.15, 0.2) is 0 Å². The summed E-state index contributed by atoms with van der Waals surface area (Å²) in [5, 5.41) is 11.2.